The number of fused-ring (bicyclic) bond motifs is 9. The number of nitrogens with zero attached hydrogens (tertiary/aromatic N) is 5. The minimum absolute atomic E-state index is 0.00160. The maximum absolute atomic E-state index is 5.19. The second kappa shape index (κ2) is 11.5. The molecule has 0 unspecified atom stereocenters. The summed E-state index contributed by atoms with van der Waals surface area (Å²) in [6, 6.07) is 45.3. The van der Waals surface area contributed by atoms with Gasteiger partial charge in [0, 0.05) is 50.7 Å². The van der Waals surface area contributed by atoms with Gasteiger partial charge in [0.05, 0.1) is 33.8 Å². The van der Waals surface area contributed by atoms with Crippen LogP contribution < -0.4 is 9.80 Å². The molecular formula is C53H49N5. The molecule has 0 spiro atoms. The number of anilines is 6. The fourth-order valence-corrected chi connectivity index (χ4v) is 10.5. The van der Waals surface area contributed by atoms with E-state index < -0.39 is 0 Å². The molecule has 0 atom stereocenters. The molecule has 3 aliphatic rings. The first-order chi connectivity index (χ1) is 27.7. The van der Waals surface area contributed by atoms with Gasteiger partial charge in [-0.1, -0.05) is 129 Å². The molecule has 0 saturated heterocycles. The van der Waals surface area contributed by atoms with Crippen LogP contribution in [0.2, 0.25) is 0 Å². The molecule has 5 aromatic carbocycles. The number of rotatable bonds is 2. The smallest absolute Gasteiger partial charge is 0.141 e. The first-order valence-electron chi connectivity index (χ1n) is 20.7. The van der Waals surface area contributed by atoms with Crippen molar-refractivity contribution in [3.8, 4) is 5.82 Å². The van der Waals surface area contributed by atoms with Gasteiger partial charge in [0.2, 0.25) is 0 Å². The molecule has 0 aliphatic carbocycles. The average Bonchev–Trinajstić information content (AvgIpc) is 3.53. The zero-order valence-corrected chi connectivity index (χ0v) is 34.9. The predicted molar refractivity (Wildman–Crippen MR) is 241 cm³/mol. The molecule has 0 bridgehead atoms. The monoisotopic (exact) mass is 755 g/mol. The highest BCUT2D eigenvalue weighted by atomic mass is 15.2. The van der Waals surface area contributed by atoms with Gasteiger partial charge >= 0.3 is 0 Å². The van der Waals surface area contributed by atoms with Crippen LogP contribution in [0.5, 0.6) is 0 Å². The molecule has 0 N–H and O–H groups in total. The van der Waals surface area contributed by atoms with Crippen molar-refractivity contribution in [2.24, 2.45) is 0 Å². The maximum atomic E-state index is 5.19. The molecule has 0 radical (unpaired) electrons. The van der Waals surface area contributed by atoms with Crippen molar-refractivity contribution in [3.63, 3.8) is 0 Å². The van der Waals surface area contributed by atoms with Gasteiger partial charge in [-0.2, -0.15) is 0 Å². The number of hydrogen-bond donors (Lipinski definition) is 0. The van der Waals surface area contributed by atoms with E-state index >= 15 is 0 Å². The normalized spacial score (nSPS) is 16.7. The van der Waals surface area contributed by atoms with Gasteiger partial charge in [0.25, 0.3) is 0 Å². The lowest BCUT2D eigenvalue weighted by Gasteiger charge is -2.50. The molecule has 286 valence electrons. The van der Waals surface area contributed by atoms with Gasteiger partial charge in [-0.25, -0.2) is 9.97 Å². The molecule has 3 aromatic heterocycles. The Morgan fingerprint density at radius 2 is 1.10 bits per heavy atom. The fraction of sp³-hybridized carbons (Fsp3) is 0.245. The van der Waals surface area contributed by atoms with E-state index in [9.17, 15) is 0 Å². The van der Waals surface area contributed by atoms with Crippen molar-refractivity contribution in [2.45, 2.75) is 84.0 Å². The van der Waals surface area contributed by atoms with Crippen molar-refractivity contribution < 1.29 is 0 Å². The molecule has 6 heterocycles. The van der Waals surface area contributed by atoms with Crippen LogP contribution in [0.25, 0.3) is 27.6 Å². The van der Waals surface area contributed by atoms with E-state index in [1.807, 2.05) is 18.5 Å². The molecule has 3 aliphatic heterocycles. The van der Waals surface area contributed by atoms with E-state index in [0.29, 0.717) is 0 Å². The van der Waals surface area contributed by atoms with E-state index in [-0.39, 0.29) is 21.7 Å². The molecule has 5 heteroatoms. The highest BCUT2D eigenvalue weighted by molar-refractivity contribution is 6.11. The van der Waals surface area contributed by atoms with Crippen LogP contribution in [0.1, 0.15) is 101 Å². The summed E-state index contributed by atoms with van der Waals surface area (Å²) in [5, 5.41) is 2.46. The summed E-state index contributed by atoms with van der Waals surface area (Å²) in [6.45, 7) is 21.3. The minimum Gasteiger partial charge on any atom is -0.310 e. The second-order valence-electron chi connectivity index (χ2n) is 19.2. The molecule has 11 rings (SSSR count). The summed E-state index contributed by atoms with van der Waals surface area (Å²) in [6.07, 6.45) is 3.84. The quantitative estimate of drug-likeness (QED) is 0.176. The largest absolute Gasteiger partial charge is 0.310 e. The summed E-state index contributed by atoms with van der Waals surface area (Å²) < 4.78 is 2.33. The second-order valence-corrected chi connectivity index (χ2v) is 19.2. The highest BCUT2D eigenvalue weighted by Crippen LogP contribution is 2.62. The summed E-state index contributed by atoms with van der Waals surface area (Å²) >= 11 is 0. The Balaban J connectivity index is 1.21. The summed E-state index contributed by atoms with van der Waals surface area (Å²) in [4.78, 5) is 15.1. The molecular weight excluding hydrogens is 707 g/mol. The van der Waals surface area contributed by atoms with Gasteiger partial charge in [0.1, 0.15) is 11.6 Å². The lowest BCUT2D eigenvalue weighted by atomic mass is 9.65. The van der Waals surface area contributed by atoms with E-state index in [2.05, 4.69) is 192 Å². The SMILES string of the molecule is CC(C)(C)c1cc2c3c(c1)C(C)(C)c1cccnc1N3c1cc(N3c4ccccc4C(C)(C)c4cc5c6ccccc6n(-c6ccccn6)c5cc43)ccc1C2(C)C. The van der Waals surface area contributed by atoms with E-state index in [0.717, 1.165) is 28.4 Å². The topological polar surface area (TPSA) is 37.2 Å². The third-order valence-electron chi connectivity index (χ3n) is 13.8. The molecule has 0 fully saturated rings. The third-order valence-corrected chi connectivity index (χ3v) is 13.8. The van der Waals surface area contributed by atoms with Crippen LogP contribution in [-0.4, -0.2) is 14.5 Å². The van der Waals surface area contributed by atoms with Crippen LogP contribution in [0.4, 0.5) is 34.3 Å². The Labute approximate surface area is 341 Å². The van der Waals surface area contributed by atoms with E-state index in [4.69, 9.17) is 9.97 Å². The molecule has 5 nitrogen and oxygen atoms in total. The van der Waals surface area contributed by atoms with Crippen LogP contribution in [0.15, 0.2) is 134 Å². The van der Waals surface area contributed by atoms with Crippen LogP contribution in [-0.2, 0) is 21.7 Å². The zero-order valence-electron chi connectivity index (χ0n) is 34.9. The summed E-state index contributed by atoms with van der Waals surface area (Å²) in [5.41, 5.74) is 16.8. The molecule has 0 amide bonds. The Kier molecular flexibility index (Phi) is 6.92. The Morgan fingerprint density at radius 3 is 1.86 bits per heavy atom. The van der Waals surface area contributed by atoms with Crippen molar-refractivity contribution in [2.75, 3.05) is 9.80 Å². The number of benzene rings is 5. The zero-order chi connectivity index (χ0) is 40.1. The molecule has 0 saturated carbocycles. The van der Waals surface area contributed by atoms with Crippen molar-refractivity contribution in [1.82, 2.24) is 14.5 Å². The lowest BCUT2D eigenvalue weighted by molar-refractivity contribution is 0.562. The van der Waals surface area contributed by atoms with Crippen molar-refractivity contribution >= 4 is 56.1 Å². The number of aromatic nitrogens is 3. The highest BCUT2D eigenvalue weighted by Gasteiger charge is 2.47. The summed E-state index contributed by atoms with van der Waals surface area (Å²) in [5.74, 6) is 1.93. The van der Waals surface area contributed by atoms with Gasteiger partial charge < -0.3 is 4.90 Å². The fourth-order valence-electron chi connectivity index (χ4n) is 10.5. The summed E-state index contributed by atoms with van der Waals surface area (Å²) in [7, 11) is 0. The Hall–Kier alpha value is -6.20. The van der Waals surface area contributed by atoms with Gasteiger partial charge in [-0.3, -0.25) is 9.47 Å². The maximum Gasteiger partial charge on any atom is 0.141 e. The standard InChI is InChI=1S/C53H49N5/c1-50(2,3)32-27-40-48-41(28-32)53(8,9)38-19-16-26-55-49(38)58(48)45-29-33(23-24-37(45)52(40,6)7)56-43-21-13-11-18-36(43)51(4,5)39-30-35-34-17-10-12-20-42(34)57(44(35)31-46(39)56)47-22-14-15-25-54-47/h10-31H,1-9H3. The number of pyridine rings is 2. The first-order valence-corrected chi connectivity index (χ1v) is 20.7. The van der Waals surface area contributed by atoms with Gasteiger partial charge in [-0.15, -0.1) is 0 Å². The predicted octanol–water partition coefficient (Wildman–Crippen LogP) is 13.7. The Bertz CT molecular complexity index is 3010. The van der Waals surface area contributed by atoms with Crippen molar-refractivity contribution in [3.05, 3.63) is 173 Å². The Morgan fingerprint density at radius 1 is 0.466 bits per heavy atom. The first kappa shape index (κ1) is 35.0. The van der Waals surface area contributed by atoms with E-state index in [1.54, 1.807) is 0 Å². The lowest BCUT2D eigenvalue weighted by Crippen LogP contribution is -2.39. The van der Waals surface area contributed by atoms with Crippen molar-refractivity contribution in [1.29, 1.82) is 0 Å². The van der Waals surface area contributed by atoms with Crippen LogP contribution >= 0.6 is 0 Å². The number of hydrogen-bond acceptors (Lipinski definition) is 4. The van der Waals surface area contributed by atoms with Gasteiger partial charge in [-0.05, 0) is 93.4 Å². The number of para-hydroxylation sites is 2. The van der Waals surface area contributed by atoms with Crippen LogP contribution in [0.3, 0.4) is 0 Å². The molecule has 8 aromatic rings. The molecule has 58 heavy (non-hydrogen) atoms. The minimum atomic E-state index is -0.256. The average molecular weight is 756 g/mol. The van der Waals surface area contributed by atoms with Gasteiger partial charge in [0.15, 0.2) is 0 Å². The third kappa shape index (κ3) is 4.53. The van der Waals surface area contributed by atoms with Crippen LogP contribution in [0, 0.1) is 0 Å². The van der Waals surface area contributed by atoms with E-state index in [1.165, 1.54) is 72.5 Å².